The van der Waals surface area contributed by atoms with Crippen LogP contribution in [0.4, 0.5) is 0 Å². The van der Waals surface area contributed by atoms with E-state index in [-0.39, 0.29) is 22.6 Å². The zero-order chi connectivity index (χ0) is 21.3. The predicted octanol–water partition coefficient (Wildman–Crippen LogP) is 1.98. The highest BCUT2D eigenvalue weighted by Crippen LogP contribution is 2.28. The number of benzene rings is 2. The Morgan fingerprint density at radius 2 is 1.77 bits per heavy atom. The SMILES string of the molecule is COc1ccc(Cc2nn3c(=O)c(=Cc4ccc(C)cc4)sc3nc2=O)cc1OC. The third-order valence-corrected chi connectivity index (χ3v) is 5.60. The van der Waals surface area contributed by atoms with Crippen LogP contribution in [0.15, 0.2) is 52.1 Å². The zero-order valence-corrected chi connectivity index (χ0v) is 17.5. The predicted molar refractivity (Wildman–Crippen MR) is 116 cm³/mol. The maximum atomic E-state index is 12.8. The van der Waals surface area contributed by atoms with Gasteiger partial charge in [0, 0.05) is 6.42 Å². The molecule has 4 rings (SSSR count). The number of hydrogen-bond acceptors (Lipinski definition) is 7. The fourth-order valence-electron chi connectivity index (χ4n) is 3.05. The van der Waals surface area contributed by atoms with Gasteiger partial charge >= 0.3 is 0 Å². The van der Waals surface area contributed by atoms with E-state index in [4.69, 9.17) is 9.47 Å². The van der Waals surface area contributed by atoms with E-state index < -0.39 is 5.56 Å². The molecule has 0 radical (unpaired) electrons. The van der Waals surface area contributed by atoms with Gasteiger partial charge in [0.05, 0.1) is 18.8 Å². The molecule has 152 valence electrons. The molecule has 7 nitrogen and oxygen atoms in total. The zero-order valence-electron chi connectivity index (χ0n) is 16.7. The van der Waals surface area contributed by atoms with Gasteiger partial charge in [-0.25, -0.2) is 0 Å². The number of nitrogens with zero attached hydrogens (tertiary/aromatic N) is 3. The second-order valence-corrected chi connectivity index (χ2v) is 7.76. The van der Waals surface area contributed by atoms with Crippen LogP contribution in [-0.4, -0.2) is 28.8 Å². The monoisotopic (exact) mass is 421 g/mol. The molecule has 0 fully saturated rings. The van der Waals surface area contributed by atoms with Crippen LogP contribution < -0.4 is 25.1 Å². The van der Waals surface area contributed by atoms with E-state index in [1.54, 1.807) is 32.4 Å². The molecule has 0 saturated heterocycles. The maximum absolute atomic E-state index is 12.8. The Labute approximate surface area is 175 Å². The third-order valence-electron chi connectivity index (χ3n) is 4.64. The van der Waals surface area contributed by atoms with Crippen LogP contribution in [0.3, 0.4) is 0 Å². The van der Waals surface area contributed by atoms with Crippen molar-refractivity contribution in [3.05, 3.63) is 90.1 Å². The van der Waals surface area contributed by atoms with Crippen molar-refractivity contribution in [2.45, 2.75) is 13.3 Å². The fraction of sp³-hybridized carbons (Fsp3) is 0.182. The normalized spacial score (nSPS) is 11.8. The highest BCUT2D eigenvalue weighted by atomic mass is 32.1. The molecular weight excluding hydrogens is 402 g/mol. The molecule has 0 unspecified atom stereocenters. The number of methoxy groups -OCH3 is 2. The summed E-state index contributed by atoms with van der Waals surface area (Å²) in [6.07, 6.45) is 2.00. The number of fused-ring (bicyclic) bond motifs is 1. The molecule has 4 aromatic rings. The van der Waals surface area contributed by atoms with Gasteiger partial charge in [-0.1, -0.05) is 47.2 Å². The van der Waals surface area contributed by atoms with Crippen molar-refractivity contribution in [3.8, 4) is 11.5 Å². The number of aryl methyl sites for hydroxylation is 1. The van der Waals surface area contributed by atoms with Gasteiger partial charge in [0.15, 0.2) is 11.5 Å². The first-order chi connectivity index (χ1) is 14.5. The van der Waals surface area contributed by atoms with Gasteiger partial charge in [-0.15, -0.1) is 0 Å². The van der Waals surface area contributed by atoms with E-state index in [1.165, 1.54) is 4.52 Å². The minimum absolute atomic E-state index is 0.191. The van der Waals surface area contributed by atoms with Crippen molar-refractivity contribution >= 4 is 22.4 Å². The molecule has 0 saturated carbocycles. The second kappa shape index (κ2) is 8.08. The fourth-order valence-corrected chi connectivity index (χ4v) is 3.95. The molecule has 2 aromatic carbocycles. The first-order valence-electron chi connectivity index (χ1n) is 9.20. The Morgan fingerprint density at radius 3 is 2.47 bits per heavy atom. The molecule has 2 heterocycles. The third kappa shape index (κ3) is 3.81. The van der Waals surface area contributed by atoms with Crippen LogP contribution in [0.25, 0.3) is 11.0 Å². The summed E-state index contributed by atoms with van der Waals surface area (Å²) in [5.41, 5.74) is 2.28. The maximum Gasteiger partial charge on any atom is 0.296 e. The largest absolute Gasteiger partial charge is 0.493 e. The molecule has 0 aliphatic rings. The second-order valence-electron chi connectivity index (χ2n) is 6.75. The molecule has 0 N–H and O–H groups in total. The van der Waals surface area contributed by atoms with Crippen molar-refractivity contribution in [3.63, 3.8) is 0 Å². The van der Waals surface area contributed by atoms with Crippen molar-refractivity contribution in [2.24, 2.45) is 0 Å². The van der Waals surface area contributed by atoms with E-state index >= 15 is 0 Å². The standard InChI is InChI=1S/C22H19N3O4S/c1-13-4-6-14(7-5-13)12-19-21(27)25-22(30-19)23-20(26)16(24-25)10-15-8-9-17(28-2)18(11-15)29-3/h4-9,11-12H,10H2,1-3H3. The first-order valence-corrected chi connectivity index (χ1v) is 10.0. The minimum atomic E-state index is -0.451. The molecule has 0 bridgehead atoms. The first kappa shape index (κ1) is 19.8. The van der Waals surface area contributed by atoms with Crippen molar-refractivity contribution in [1.29, 1.82) is 0 Å². The van der Waals surface area contributed by atoms with Crippen molar-refractivity contribution in [2.75, 3.05) is 14.2 Å². The molecular formula is C22H19N3O4S. The van der Waals surface area contributed by atoms with Crippen molar-refractivity contribution < 1.29 is 9.47 Å². The van der Waals surface area contributed by atoms with Crippen LogP contribution in [0.5, 0.6) is 11.5 Å². The summed E-state index contributed by atoms with van der Waals surface area (Å²) < 4.78 is 12.2. The Kier molecular flexibility index (Phi) is 5.33. The Bertz CT molecular complexity index is 1390. The van der Waals surface area contributed by atoms with Gasteiger partial charge in [0.25, 0.3) is 11.1 Å². The van der Waals surface area contributed by atoms with Gasteiger partial charge in [-0.3, -0.25) is 9.59 Å². The molecule has 2 aromatic heterocycles. The van der Waals surface area contributed by atoms with E-state index in [0.29, 0.717) is 16.0 Å². The Balaban J connectivity index is 1.75. The lowest BCUT2D eigenvalue weighted by molar-refractivity contribution is 0.354. The molecule has 0 atom stereocenters. The molecule has 0 amide bonds. The molecule has 8 heteroatoms. The number of aromatic nitrogens is 3. The summed E-state index contributed by atoms with van der Waals surface area (Å²) >= 11 is 1.15. The van der Waals surface area contributed by atoms with Gasteiger partial charge in [-0.2, -0.15) is 14.6 Å². The van der Waals surface area contributed by atoms with Gasteiger partial charge in [-0.05, 0) is 36.3 Å². The number of hydrogen-bond donors (Lipinski definition) is 0. The van der Waals surface area contributed by atoms with E-state index in [2.05, 4.69) is 10.1 Å². The minimum Gasteiger partial charge on any atom is -0.493 e. The van der Waals surface area contributed by atoms with Gasteiger partial charge < -0.3 is 9.47 Å². The molecule has 0 aliphatic carbocycles. The van der Waals surface area contributed by atoms with Crippen LogP contribution in [0.1, 0.15) is 22.4 Å². The number of ether oxygens (including phenoxy) is 2. The lowest BCUT2D eigenvalue weighted by Gasteiger charge is -2.09. The number of thiazole rings is 1. The Morgan fingerprint density at radius 1 is 1.03 bits per heavy atom. The average molecular weight is 421 g/mol. The van der Waals surface area contributed by atoms with E-state index in [0.717, 1.165) is 28.0 Å². The van der Waals surface area contributed by atoms with Crippen LogP contribution >= 0.6 is 11.3 Å². The van der Waals surface area contributed by atoms with Gasteiger partial charge in [0.1, 0.15) is 5.69 Å². The average Bonchev–Trinajstić information content (AvgIpc) is 3.04. The van der Waals surface area contributed by atoms with Crippen LogP contribution in [0.2, 0.25) is 0 Å². The summed E-state index contributed by atoms with van der Waals surface area (Å²) in [6, 6.07) is 13.2. The summed E-state index contributed by atoms with van der Waals surface area (Å²) in [5, 5.41) is 4.29. The topological polar surface area (TPSA) is 82.8 Å². The molecule has 30 heavy (non-hydrogen) atoms. The van der Waals surface area contributed by atoms with Crippen LogP contribution in [-0.2, 0) is 6.42 Å². The summed E-state index contributed by atoms with van der Waals surface area (Å²) in [6.45, 7) is 2.00. The van der Waals surface area contributed by atoms with E-state index in [9.17, 15) is 9.59 Å². The Hall–Kier alpha value is -3.52. The van der Waals surface area contributed by atoms with E-state index in [1.807, 2.05) is 37.3 Å². The number of rotatable bonds is 5. The van der Waals surface area contributed by atoms with Crippen molar-refractivity contribution in [1.82, 2.24) is 14.6 Å². The molecule has 0 spiro atoms. The highest BCUT2D eigenvalue weighted by Gasteiger charge is 2.13. The van der Waals surface area contributed by atoms with Gasteiger partial charge in [0.2, 0.25) is 4.96 Å². The molecule has 0 aliphatic heterocycles. The summed E-state index contributed by atoms with van der Waals surface area (Å²) in [4.78, 5) is 29.6. The summed E-state index contributed by atoms with van der Waals surface area (Å²) in [7, 11) is 3.10. The van der Waals surface area contributed by atoms with Crippen LogP contribution in [0, 0.1) is 6.92 Å². The lowest BCUT2D eigenvalue weighted by atomic mass is 10.1. The quantitative estimate of drug-likeness (QED) is 0.490. The summed E-state index contributed by atoms with van der Waals surface area (Å²) in [5.74, 6) is 1.15. The smallest absolute Gasteiger partial charge is 0.296 e. The lowest BCUT2D eigenvalue weighted by Crippen LogP contribution is -2.28. The highest BCUT2D eigenvalue weighted by molar-refractivity contribution is 7.15.